The Kier molecular flexibility index (Phi) is 7.74. The van der Waals surface area contributed by atoms with E-state index in [1.807, 2.05) is 44.4 Å². The van der Waals surface area contributed by atoms with Gasteiger partial charge in [-0.1, -0.05) is 49.3 Å². The molecular weight excluding hydrogens is 330 g/mol. The Morgan fingerprint density at radius 3 is 2.42 bits per heavy atom. The van der Waals surface area contributed by atoms with E-state index in [1.54, 1.807) is 4.90 Å². The van der Waals surface area contributed by atoms with Crippen LogP contribution in [0.3, 0.4) is 0 Å². The molecule has 0 bridgehead atoms. The summed E-state index contributed by atoms with van der Waals surface area (Å²) in [6.07, 6.45) is 0. The number of rotatable bonds is 10. The Balaban J connectivity index is 1.79. The number of amides is 1. The lowest BCUT2D eigenvalue weighted by Gasteiger charge is -2.24. The van der Waals surface area contributed by atoms with Gasteiger partial charge in [-0.3, -0.25) is 14.6 Å². The van der Waals surface area contributed by atoms with Gasteiger partial charge in [0.25, 0.3) is 0 Å². The van der Waals surface area contributed by atoms with Gasteiger partial charge in [0.2, 0.25) is 17.6 Å². The maximum atomic E-state index is 12.2. The van der Waals surface area contributed by atoms with Crippen LogP contribution in [0.2, 0.25) is 0 Å². The van der Waals surface area contributed by atoms with E-state index in [1.165, 1.54) is 0 Å². The van der Waals surface area contributed by atoms with Crippen LogP contribution in [0.25, 0.3) is 11.4 Å². The molecular formula is C19H29N5O2. The number of benzene rings is 1. The first-order chi connectivity index (χ1) is 12.5. The van der Waals surface area contributed by atoms with Crippen molar-refractivity contribution in [3.8, 4) is 11.4 Å². The molecule has 0 fully saturated rings. The van der Waals surface area contributed by atoms with Gasteiger partial charge in [0.1, 0.15) is 0 Å². The highest BCUT2D eigenvalue weighted by molar-refractivity contribution is 5.77. The molecule has 0 unspecified atom stereocenters. The normalized spacial score (nSPS) is 11.3. The van der Waals surface area contributed by atoms with Crippen LogP contribution in [0, 0.1) is 0 Å². The fourth-order valence-corrected chi connectivity index (χ4v) is 2.54. The third kappa shape index (κ3) is 5.93. The van der Waals surface area contributed by atoms with Gasteiger partial charge in [-0.25, -0.2) is 0 Å². The summed E-state index contributed by atoms with van der Waals surface area (Å²) in [5.74, 6) is 1.32. The summed E-state index contributed by atoms with van der Waals surface area (Å²) in [6.45, 7) is 8.33. The zero-order valence-corrected chi connectivity index (χ0v) is 16.2. The van der Waals surface area contributed by atoms with E-state index < -0.39 is 0 Å². The molecule has 0 N–H and O–H groups in total. The average Bonchev–Trinajstić information content (AvgIpc) is 3.13. The molecule has 0 radical (unpaired) electrons. The van der Waals surface area contributed by atoms with Crippen molar-refractivity contribution in [2.24, 2.45) is 0 Å². The summed E-state index contributed by atoms with van der Waals surface area (Å²) in [5.41, 5.74) is 0.937. The molecule has 1 aromatic heterocycles. The maximum Gasteiger partial charge on any atom is 0.241 e. The van der Waals surface area contributed by atoms with Crippen molar-refractivity contribution >= 4 is 5.91 Å². The number of nitrogens with zero attached hydrogens (tertiary/aromatic N) is 5. The lowest BCUT2D eigenvalue weighted by molar-refractivity contribution is -0.131. The van der Waals surface area contributed by atoms with E-state index in [4.69, 9.17) is 4.52 Å². The van der Waals surface area contributed by atoms with Crippen molar-refractivity contribution in [2.75, 3.05) is 46.8 Å². The summed E-state index contributed by atoms with van der Waals surface area (Å²) < 4.78 is 5.34. The summed E-state index contributed by atoms with van der Waals surface area (Å²) in [6, 6.07) is 9.75. The number of carbonyl (C=O) groups excluding carboxylic acids is 1. The second kappa shape index (κ2) is 10.0. The number of likely N-dealkylation sites (N-methyl/N-ethyl adjacent to an activating group) is 3. The SMILES string of the molecule is CCN(CC)CC(=O)N(C)CCN(C)Cc1nc(-c2ccccc2)no1. The molecule has 1 aromatic carbocycles. The molecule has 1 heterocycles. The largest absolute Gasteiger partial charge is 0.343 e. The van der Waals surface area contributed by atoms with Gasteiger partial charge in [-0.05, 0) is 20.1 Å². The summed E-state index contributed by atoms with van der Waals surface area (Å²) in [7, 11) is 3.83. The summed E-state index contributed by atoms with van der Waals surface area (Å²) in [5, 5.41) is 4.03. The molecule has 142 valence electrons. The van der Waals surface area contributed by atoms with Gasteiger partial charge < -0.3 is 9.42 Å². The molecule has 1 amide bonds. The minimum absolute atomic E-state index is 0.145. The van der Waals surface area contributed by atoms with Crippen LogP contribution in [0.4, 0.5) is 0 Å². The molecule has 0 atom stereocenters. The van der Waals surface area contributed by atoms with Crippen molar-refractivity contribution in [3.63, 3.8) is 0 Å². The Morgan fingerprint density at radius 2 is 1.77 bits per heavy atom. The molecule has 0 aliphatic rings. The van der Waals surface area contributed by atoms with Crippen LogP contribution < -0.4 is 0 Å². The van der Waals surface area contributed by atoms with E-state index in [0.29, 0.717) is 31.3 Å². The van der Waals surface area contributed by atoms with Crippen molar-refractivity contribution in [1.82, 2.24) is 24.8 Å². The number of hydrogen-bond acceptors (Lipinski definition) is 6. The predicted octanol–water partition coefficient (Wildman–Crippen LogP) is 1.97. The third-order valence-electron chi connectivity index (χ3n) is 4.40. The Morgan fingerprint density at radius 1 is 1.08 bits per heavy atom. The first kappa shape index (κ1) is 20.1. The third-order valence-corrected chi connectivity index (χ3v) is 4.40. The van der Waals surface area contributed by atoms with Gasteiger partial charge in [0.05, 0.1) is 13.1 Å². The Bertz CT molecular complexity index is 670. The molecule has 26 heavy (non-hydrogen) atoms. The fourth-order valence-electron chi connectivity index (χ4n) is 2.54. The van der Waals surface area contributed by atoms with E-state index >= 15 is 0 Å². The minimum Gasteiger partial charge on any atom is -0.343 e. The maximum absolute atomic E-state index is 12.2. The monoisotopic (exact) mass is 359 g/mol. The highest BCUT2D eigenvalue weighted by atomic mass is 16.5. The lowest BCUT2D eigenvalue weighted by Crippen LogP contribution is -2.41. The highest BCUT2D eigenvalue weighted by Crippen LogP contribution is 2.15. The zero-order chi connectivity index (χ0) is 18.9. The van der Waals surface area contributed by atoms with Crippen LogP contribution in [0.15, 0.2) is 34.9 Å². The number of aromatic nitrogens is 2. The highest BCUT2D eigenvalue weighted by Gasteiger charge is 2.14. The fraction of sp³-hybridized carbons (Fsp3) is 0.526. The second-order valence-electron chi connectivity index (χ2n) is 6.39. The Hall–Kier alpha value is -2.25. The topological polar surface area (TPSA) is 65.7 Å². The van der Waals surface area contributed by atoms with Gasteiger partial charge in [-0.2, -0.15) is 4.98 Å². The molecule has 2 rings (SSSR count). The first-order valence-corrected chi connectivity index (χ1v) is 9.06. The molecule has 0 saturated carbocycles. The van der Waals surface area contributed by atoms with Gasteiger partial charge >= 0.3 is 0 Å². The van der Waals surface area contributed by atoms with Gasteiger partial charge in [-0.15, -0.1) is 0 Å². The molecule has 0 spiro atoms. The lowest BCUT2D eigenvalue weighted by atomic mass is 10.2. The van der Waals surface area contributed by atoms with Crippen LogP contribution in [-0.4, -0.2) is 77.6 Å². The molecule has 7 nitrogen and oxygen atoms in total. The second-order valence-corrected chi connectivity index (χ2v) is 6.39. The zero-order valence-electron chi connectivity index (χ0n) is 16.2. The predicted molar refractivity (Wildman–Crippen MR) is 101 cm³/mol. The number of carbonyl (C=O) groups is 1. The van der Waals surface area contributed by atoms with E-state index in [0.717, 1.165) is 25.2 Å². The summed E-state index contributed by atoms with van der Waals surface area (Å²) in [4.78, 5) is 22.6. The summed E-state index contributed by atoms with van der Waals surface area (Å²) >= 11 is 0. The van der Waals surface area contributed by atoms with Crippen molar-refractivity contribution in [3.05, 3.63) is 36.2 Å². The first-order valence-electron chi connectivity index (χ1n) is 9.06. The van der Waals surface area contributed by atoms with Crippen LogP contribution in [0.5, 0.6) is 0 Å². The molecule has 0 aliphatic carbocycles. The van der Waals surface area contributed by atoms with E-state index in [2.05, 4.69) is 33.8 Å². The van der Waals surface area contributed by atoms with Crippen molar-refractivity contribution in [2.45, 2.75) is 20.4 Å². The molecule has 7 heteroatoms. The van der Waals surface area contributed by atoms with Crippen LogP contribution >= 0.6 is 0 Å². The Labute approximate surface area is 155 Å². The standard InChI is InChI=1S/C19H29N5O2/c1-5-24(6-2)15-18(25)23(4)13-12-22(3)14-17-20-19(21-26-17)16-10-8-7-9-11-16/h7-11H,5-6,12-15H2,1-4H3. The van der Waals surface area contributed by atoms with Crippen LogP contribution in [0.1, 0.15) is 19.7 Å². The average molecular weight is 359 g/mol. The quantitative estimate of drug-likeness (QED) is 0.646. The van der Waals surface area contributed by atoms with Crippen molar-refractivity contribution < 1.29 is 9.32 Å². The van der Waals surface area contributed by atoms with Gasteiger partial charge in [0.15, 0.2) is 0 Å². The van der Waals surface area contributed by atoms with Gasteiger partial charge in [0, 0.05) is 25.7 Å². The number of hydrogen-bond donors (Lipinski definition) is 0. The van der Waals surface area contributed by atoms with E-state index in [9.17, 15) is 4.79 Å². The smallest absolute Gasteiger partial charge is 0.241 e. The molecule has 0 aliphatic heterocycles. The molecule has 0 saturated heterocycles. The van der Waals surface area contributed by atoms with Crippen molar-refractivity contribution in [1.29, 1.82) is 0 Å². The van der Waals surface area contributed by atoms with E-state index in [-0.39, 0.29) is 5.91 Å². The minimum atomic E-state index is 0.145. The molecule has 2 aromatic rings. The van der Waals surface area contributed by atoms with Crippen LogP contribution in [-0.2, 0) is 11.3 Å².